The SMILES string of the molecule is Cc1c(-c2cc(C(C)C)c(O)cc2O)cccc1S(=O)(=O)N(C)C. The van der Waals surface area contributed by atoms with E-state index in [9.17, 15) is 18.6 Å². The minimum absolute atomic E-state index is 0.0287. The highest BCUT2D eigenvalue weighted by atomic mass is 32.2. The summed E-state index contributed by atoms with van der Waals surface area (Å²) in [7, 11) is -0.618. The van der Waals surface area contributed by atoms with Crippen LogP contribution in [0.4, 0.5) is 0 Å². The Kier molecular flexibility index (Phi) is 4.92. The molecule has 0 spiro atoms. The molecule has 0 saturated heterocycles. The average molecular weight is 349 g/mol. The first-order chi connectivity index (χ1) is 11.1. The standard InChI is InChI=1S/C18H23NO4S/c1-11(2)14-9-15(17(21)10-16(14)20)13-7-6-8-18(12(13)3)24(22,23)19(4)5/h6-11,20-21H,1-5H3. The molecule has 24 heavy (non-hydrogen) atoms. The predicted octanol–water partition coefficient (Wildman–Crippen LogP) is 3.45. The van der Waals surface area contributed by atoms with Gasteiger partial charge in [-0.05, 0) is 41.7 Å². The highest BCUT2D eigenvalue weighted by Crippen LogP contribution is 2.40. The topological polar surface area (TPSA) is 77.8 Å². The van der Waals surface area contributed by atoms with E-state index in [2.05, 4.69) is 0 Å². The zero-order valence-electron chi connectivity index (χ0n) is 14.5. The molecule has 6 heteroatoms. The Hall–Kier alpha value is -2.05. The number of hydrogen-bond acceptors (Lipinski definition) is 4. The third kappa shape index (κ3) is 3.12. The molecule has 0 aliphatic rings. The van der Waals surface area contributed by atoms with Gasteiger partial charge in [-0.15, -0.1) is 0 Å². The van der Waals surface area contributed by atoms with E-state index in [1.165, 1.54) is 20.2 Å². The van der Waals surface area contributed by atoms with Gasteiger partial charge in [0.05, 0.1) is 4.90 Å². The van der Waals surface area contributed by atoms with Gasteiger partial charge in [-0.1, -0.05) is 26.0 Å². The molecular formula is C18H23NO4S. The maximum absolute atomic E-state index is 12.5. The van der Waals surface area contributed by atoms with Crippen LogP contribution in [0, 0.1) is 6.92 Å². The second-order valence-corrected chi connectivity index (χ2v) is 8.42. The summed E-state index contributed by atoms with van der Waals surface area (Å²) in [5, 5.41) is 20.3. The molecule has 0 bridgehead atoms. The van der Waals surface area contributed by atoms with Crippen molar-refractivity contribution in [2.45, 2.75) is 31.6 Å². The molecule has 0 aliphatic heterocycles. The van der Waals surface area contributed by atoms with Crippen LogP contribution in [0.5, 0.6) is 11.5 Å². The third-order valence-corrected chi connectivity index (χ3v) is 6.06. The molecule has 130 valence electrons. The average Bonchev–Trinajstić information content (AvgIpc) is 2.47. The predicted molar refractivity (Wildman–Crippen MR) is 94.9 cm³/mol. The monoisotopic (exact) mass is 349 g/mol. The Bertz CT molecular complexity index is 871. The fourth-order valence-corrected chi connectivity index (χ4v) is 3.80. The molecule has 2 rings (SSSR count). The fourth-order valence-electron chi connectivity index (χ4n) is 2.65. The number of hydrogen-bond donors (Lipinski definition) is 2. The highest BCUT2D eigenvalue weighted by molar-refractivity contribution is 7.89. The van der Waals surface area contributed by atoms with Crippen molar-refractivity contribution in [2.75, 3.05) is 14.1 Å². The quantitative estimate of drug-likeness (QED) is 0.886. The number of phenols is 2. The normalized spacial score (nSPS) is 12.1. The van der Waals surface area contributed by atoms with E-state index >= 15 is 0 Å². The van der Waals surface area contributed by atoms with Gasteiger partial charge in [0, 0.05) is 25.7 Å². The van der Waals surface area contributed by atoms with Crippen molar-refractivity contribution in [3.05, 3.63) is 41.5 Å². The van der Waals surface area contributed by atoms with Crippen LogP contribution in [0.25, 0.3) is 11.1 Å². The summed E-state index contributed by atoms with van der Waals surface area (Å²) in [5.74, 6) is 0.0127. The van der Waals surface area contributed by atoms with Crippen LogP contribution in [0.3, 0.4) is 0 Å². The summed E-state index contributed by atoms with van der Waals surface area (Å²) in [6, 6.07) is 7.98. The number of aromatic hydroxyl groups is 2. The zero-order valence-corrected chi connectivity index (χ0v) is 15.3. The lowest BCUT2D eigenvalue weighted by Gasteiger charge is -2.18. The summed E-state index contributed by atoms with van der Waals surface area (Å²) in [6.45, 7) is 5.60. The summed E-state index contributed by atoms with van der Waals surface area (Å²) in [4.78, 5) is 0.198. The van der Waals surface area contributed by atoms with Gasteiger partial charge in [0.25, 0.3) is 0 Å². The first-order valence-corrected chi connectivity index (χ1v) is 9.09. The minimum Gasteiger partial charge on any atom is -0.508 e. The van der Waals surface area contributed by atoms with Crippen LogP contribution >= 0.6 is 0 Å². The van der Waals surface area contributed by atoms with Gasteiger partial charge in [-0.2, -0.15) is 0 Å². The van der Waals surface area contributed by atoms with Crippen LogP contribution < -0.4 is 0 Å². The lowest BCUT2D eigenvalue weighted by molar-refractivity contribution is 0.445. The van der Waals surface area contributed by atoms with Crippen LogP contribution in [0.15, 0.2) is 35.2 Å². The Morgan fingerprint density at radius 1 is 1.00 bits per heavy atom. The van der Waals surface area contributed by atoms with Crippen LogP contribution in [-0.4, -0.2) is 37.0 Å². The van der Waals surface area contributed by atoms with E-state index in [1.54, 1.807) is 31.2 Å². The smallest absolute Gasteiger partial charge is 0.242 e. The van der Waals surface area contributed by atoms with Gasteiger partial charge in [0.1, 0.15) is 11.5 Å². The van der Waals surface area contributed by atoms with Crippen LogP contribution in [0.1, 0.15) is 30.9 Å². The van der Waals surface area contributed by atoms with Crippen molar-refractivity contribution in [1.82, 2.24) is 4.31 Å². The van der Waals surface area contributed by atoms with Gasteiger partial charge in [0.15, 0.2) is 0 Å². The largest absolute Gasteiger partial charge is 0.508 e. The molecule has 0 amide bonds. The maximum Gasteiger partial charge on any atom is 0.242 e. The molecule has 2 N–H and O–H groups in total. The first-order valence-electron chi connectivity index (χ1n) is 7.65. The molecule has 5 nitrogen and oxygen atoms in total. The number of rotatable bonds is 4. The molecule has 0 fully saturated rings. The Labute approximate surface area is 143 Å². The molecule has 2 aromatic carbocycles. The van der Waals surface area contributed by atoms with Gasteiger partial charge in [-0.3, -0.25) is 0 Å². The second-order valence-electron chi connectivity index (χ2n) is 6.30. The number of sulfonamides is 1. The Morgan fingerprint density at radius 2 is 1.62 bits per heavy atom. The Balaban J connectivity index is 2.74. The van der Waals surface area contributed by atoms with Crippen molar-refractivity contribution in [3.63, 3.8) is 0 Å². The van der Waals surface area contributed by atoms with Crippen molar-refractivity contribution < 1.29 is 18.6 Å². The summed E-state index contributed by atoms with van der Waals surface area (Å²) < 4.78 is 26.1. The molecule has 0 heterocycles. The first kappa shape index (κ1) is 18.3. The fraction of sp³-hybridized carbons (Fsp3) is 0.333. The van der Waals surface area contributed by atoms with E-state index in [-0.39, 0.29) is 22.3 Å². The van der Waals surface area contributed by atoms with Crippen molar-refractivity contribution >= 4 is 10.0 Å². The van der Waals surface area contributed by atoms with E-state index < -0.39 is 10.0 Å². The van der Waals surface area contributed by atoms with Gasteiger partial charge in [0.2, 0.25) is 10.0 Å². The van der Waals surface area contributed by atoms with Gasteiger partial charge >= 0.3 is 0 Å². The van der Waals surface area contributed by atoms with Crippen molar-refractivity contribution in [1.29, 1.82) is 0 Å². The van der Waals surface area contributed by atoms with Gasteiger partial charge < -0.3 is 10.2 Å². The van der Waals surface area contributed by atoms with Crippen LogP contribution in [-0.2, 0) is 10.0 Å². The number of nitrogens with zero attached hydrogens (tertiary/aromatic N) is 1. The Morgan fingerprint density at radius 3 is 2.17 bits per heavy atom. The van der Waals surface area contributed by atoms with E-state index in [0.29, 0.717) is 22.3 Å². The zero-order chi connectivity index (χ0) is 18.2. The molecule has 0 unspecified atom stereocenters. The third-order valence-electron chi connectivity index (χ3n) is 4.10. The van der Waals surface area contributed by atoms with E-state index in [1.807, 2.05) is 13.8 Å². The van der Waals surface area contributed by atoms with Crippen molar-refractivity contribution in [2.24, 2.45) is 0 Å². The molecule has 0 saturated carbocycles. The number of phenolic OH excluding ortho intramolecular Hbond substituents is 2. The lowest BCUT2D eigenvalue weighted by atomic mass is 9.93. The minimum atomic E-state index is -3.58. The molecule has 2 aromatic rings. The summed E-state index contributed by atoms with van der Waals surface area (Å²) in [5.41, 5.74) is 2.38. The van der Waals surface area contributed by atoms with Crippen molar-refractivity contribution in [3.8, 4) is 22.6 Å². The van der Waals surface area contributed by atoms with E-state index in [4.69, 9.17) is 0 Å². The summed E-state index contributed by atoms with van der Waals surface area (Å²) >= 11 is 0. The lowest BCUT2D eigenvalue weighted by Crippen LogP contribution is -2.23. The molecule has 0 aromatic heterocycles. The van der Waals surface area contributed by atoms with Gasteiger partial charge in [-0.25, -0.2) is 12.7 Å². The highest BCUT2D eigenvalue weighted by Gasteiger charge is 2.22. The number of benzene rings is 2. The second kappa shape index (κ2) is 6.45. The summed E-state index contributed by atoms with van der Waals surface area (Å²) in [6.07, 6.45) is 0. The van der Waals surface area contributed by atoms with E-state index in [0.717, 1.165) is 4.31 Å². The van der Waals surface area contributed by atoms with Crippen LogP contribution in [0.2, 0.25) is 0 Å². The molecule has 0 atom stereocenters. The maximum atomic E-state index is 12.5. The molecule has 0 radical (unpaired) electrons. The molecule has 0 aliphatic carbocycles. The molecular weight excluding hydrogens is 326 g/mol.